The Morgan fingerprint density at radius 1 is 0.632 bits per heavy atom. The summed E-state index contributed by atoms with van der Waals surface area (Å²) < 4.78 is 0. The lowest BCUT2D eigenvalue weighted by molar-refractivity contribution is 0.686. The molecule has 0 radical (unpaired) electrons. The Labute approximate surface area is 114 Å². The van der Waals surface area contributed by atoms with Crippen LogP contribution in [0.25, 0.3) is 12.2 Å². The van der Waals surface area contributed by atoms with Crippen molar-refractivity contribution in [2.45, 2.75) is 18.3 Å². The first-order valence-electron chi connectivity index (χ1n) is 6.96. The van der Waals surface area contributed by atoms with Crippen LogP contribution in [0.1, 0.15) is 40.5 Å². The van der Waals surface area contributed by atoms with E-state index in [9.17, 15) is 0 Å². The highest BCUT2D eigenvalue weighted by atomic mass is 14.3. The standard InChI is InChI=1S/C19H16/c1-3-7-18-14(5-1)9-11-16(18)13-17-12-10-15-6-2-4-8-19(15)17/h1-12,16-17H,13H2. The van der Waals surface area contributed by atoms with Gasteiger partial charge in [-0.3, -0.25) is 0 Å². The molecular formula is C19H16. The van der Waals surface area contributed by atoms with Gasteiger partial charge in [0.1, 0.15) is 0 Å². The first-order chi connectivity index (χ1) is 9.42. The summed E-state index contributed by atoms with van der Waals surface area (Å²) in [6.07, 6.45) is 10.4. The molecule has 0 nitrogen and oxygen atoms in total. The van der Waals surface area contributed by atoms with Crippen LogP contribution in [-0.4, -0.2) is 0 Å². The second-order valence-electron chi connectivity index (χ2n) is 5.42. The zero-order valence-corrected chi connectivity index (χ0v) is 10.8. The molecule has 0 N–H and O–H groups in total. The fraction of sp³-hybridized carbons (Fsp3) is 0.158. The van der Waals surface area contributed by atoms with E-state index in [1.165, 1.54) is 28.7 Å². The third-order valence-corrected chi connectivity index (χ3v) is 4.32. The van der Waals surface area contributed by atoms with Crippen LogP contribution in [0.15, 0.2) is 60.7 Å². The van der Waals surface area contributed by atoms with Crippen LogP contribution >= 0.6 is 0 Å². The molecule has 0 aliphatic heterocycles. The molecule has 0 fully saturated rings. The molecular weight excluding hydrogens is 228 g/mol. The van der Waals surface area contributed by atoms with Crippen molar-refractivity contribution >= 4 is 12.2 Å². The maximum absolute atomic E-state index is 2.36. The van der Waals surface area contributed by atoms with Crippen molar-refractivity contribution in [1.82, 2.24) is 0 Å². The van der Waals surface area contributed by atoms with E-state index in [1.54, 1.807) is 0 Å². The van der Waals surface area contributed by atoms with E-state index in [1.807, 2.05) is 0 Å². The van der Waals surface area contributed by atoms with Crippen molar-refractivity contribution < 1.29 is 0 Å². The molecule has 0 heterocycles. The van der Waals surface area contributed by atoms with E-state index in [2.05, 4.69) is 72.8 Å². The quantitative estimate of drug-likeness (QED) is 0.697. The average molecular weight is 244 g/mol. The van der Waals surface area contributed by atoms with Crippen molar-refractivity contribution in [3.05, 3.63) is 82.9 Å². The van der Waals surface area contributed by atoms with Crippen molar-refractivity contribution in [3.63, 3.8) is 0 Å². The van der Waals surface area contributed by atoms with E-state index in [0.717, 1.165) is 0 Å². The minimum atomic E-state index is 0.567. The summed E-state index contributed by atoms with van der Waals surface area (Å²) >= 11 is 0. The van der Waals surface area contributed by atoms with E-state index in [4.69, 9.17) is 0 Å². The molecule has 0 aromatic heterocycles. The highest BCUT2D eigenvalue weighted by molar-refractivity contribution is 5.65. The highest BCUT2D eigenvalue weighted by Gasteiger charge is 2.23. The zero-order chi connectivity index (χ0) is 12.7. The lowest BCUT2D eigenvalue weighted by Crippen LogP contribution is -2.00. The van der Waals surface area contributed by atoms with E-state index in [-0.39, 0.29) is 0 Å². The second-order valence-corrected chi connectivity index (χ2v) is 5.42. The predicted octanol–water partition coefficient (Wildman–Crippen LogP) is 5.00. The molecule has 19 heavy (non-hydrogen) atoms. The Balaban J connectivity index is 1.62. The topological polar surface area (TPSA) is 0 Å². The fourth-order valence-corrected chi connectivity index (χ4v) is 3.33. The molecule has 0 saturated heterocycles. The Morgan fingerprint density at radius 2 is 1.11 bits per heavy atom. The number of rotatable bonds is 2. The number of hydrogen-bond donors (Lipinski definition) is 0. The normalized spacial score (nSPS) is 22.5. The third kappa shape index (κ3) is 1.76. The van der Waals surface area contributed by atoms with Crippen LogP contribution in [0, 0.1) is 0 Å². The zero-order valence-electron chi connectivity index (χ0n) is 10.8. The summed E-state index contributed by atoms with van der Waals surface area (Å²) in [5.41, 5.74) is 5.76. The van der Waals surface area contributed by atoms with Gasteiger partial charge >= 0.3 is 0 Å². The van der Waals surface area contributed by atoms with Crippen LogP contribution in [0.5, 0.6) is 0 Å². The SMILES string of the molecule is C1=CC(CC2C=Cc3ccccc32)c2ccccc21. The van der Waals surface area contributed by atoms with Gasteiger partial charge in [-0.05, 0) is 28.7 Å². The lowest BCUT2D eigenvalue weighted by atomic mass is 9.87. The van der Waals surface area contributed by atoms with Crippen molar-refractivity contribution in [2.24, 2.45) is 0 Å². The molecule has 92 valence electrons. The summed E-state index contributed by atoms with van der Waals surface area (Å²) in [4.78, 5) is 0. The van der Waals surface area contributed by atoms with Crippen molar-refractivity contribution in [1.29, 1.82) is 0 Å². The molecule has 0 bridgehead atoms. The van der Waals surface area contributed by atoms with Gasteiger partial charge in [0.2, 0.25) is 0 Å². The molecule has 2 aromatic rings. The number of hydrogen-bond acceptors (Lipinski definition) is 0. The van der Waals surface area contributed by atoms with Gasteiger partial charge in [-0.15, -0.1) is 0 Å². The minimum absolute atomic E-state index is 0.567. The Kier molecular flexibility index (Phi) is 2.41. The van der Waals surface area contributed by atoms with Crippen LogP contribution < -0.4 is 0 Å². The molecule has 0 spiro atoms. The molecule has 2 atom stereocenters. The molecule has 2 unspecified atom stereocenters. The first kappa shape index (κ1) is 10.8. The minimum Gasteiger partial charge on any atom is -0.0763 e. The summed E-state index contributed by atoms with van der Waals surface area (Å²) in [6.45, 7) is 0. The van der Waals surface area contributed by atoms with Gasteiger partial charge < -0.3 is 0 Å². The molecule has 0 heteroatoms. The van der Waals surface area contributed by atoms with Crippen LogP contribution in [-0.2, 0) is 0 Å². The summed E-state index contributed by atoms with van der Waals surface area (Å²) in [5.74, 6) is 1.13. The van der Waals surface area contributed by atoms with Gasteiger partial charge in [0, 0.05) is 11.8 Å². The molecule has 4 rings (SSSR count). The van der Waals surface area contributed by atoms with E-state index in [0.29, 0.717) is 11.8 Å². The Bertz CT molecular complexity index is 616. The fourth-order valence-electron chi connectivity index (χ4n) is 3.33. The van der Waals surface area contributed by atoms with Crippen LogP contribution in [0.3, 0.4) is 0 Å². The van der Waals surface area contributed by atoms with Gasteiger partial charge in [0.15, 0.2) is 0 Å². The van der Waals surface area contributed by atoms with Gasteiger partial charge in [0.25, 0.3) is 0 Å². The maximum Gasteiger partial charge on any atom is 0.00360 e. The highest BCUT2D eigenvalue weighted by Crippen LogP contribution is 2.41. The lowest BCUT2D eigenvalue weighted by Gasteiger charge is -2.16. The van der Waals surface area contributed by atoms with E-state index >= 15 is 0 Å². The largest absolute Gasteiger partial charge is 0.0763 e. The maximum atomic E-state index is 2.36. The average Bonchev–Trinajstić information content (AvgIpc) is 3.05. The summed E-state index contributed by atoms with van der Waals surface area (Å²) in [7, 11) is 0. The number of fused-ring (bicyclic) bond motifs is 2. The summed E-state index contributed by atoms with van der Waals surface area (Å²) in [5, 5.41) is 0. The van der Waals surface area contributed by atoms with Crippen molar-refractivity contribution in [2.75, 3.05) is 0 Å². The molecule has 0 saturated carbocycles. The first-order valence-corrected chi connectivity index (χ1v) is 6.96. The Hall–Kier alpha value is -2.08. The Morgan fingerprint density at radius 3 is 1.63 bits per heavy atom. The molecule has 2 aliphatic rings. The van der Waals surface area contributed by atoms with E-state index < -0.39 is 0 Å². The molecule has 0 amide bonds. The predicted molar refractivity (Wildman–Crippen MR) is 81.1 cm³/mol. The number of allylic oxidation sites excluding steroid dienone is 2. The van der Waals surface area contributed by atoms with Crippen LogP contribution in [0.4, 0.5) is 0 Å². The van der Waals surface area contributed by atoms with Gasteiger partial charge in [0.05, 0.1) is 0 Å². The van der Waals surface area contributed by atoms with Gasteiger partial charge in [-0.1, -0.05) is 72.8 Å². The third-order valence-electron chi connectivity index (χ3n) is 4.32. The number of benzene rings is 2. The molecule has 2 aromatic carbocycles. The monoisotopic (exact) mass is 244 g/mol. The summed E-state index contributed by atoms with van der Waals surface area (Å²) in [6, 6.07) is 17.5. The van der Waals surface area contributed by atoms with Gasteiger partial charge in [-0.25, -0.2) is 0 Å². The van der Waals surface area contributed by atoms with Gasteiger partial charge in [-0.2, -0.15) is 0 Å². The van der Waals surface area contributed by atoms with Crippen molar-refractivity contribution in [3.8, 4) is 0 Å². The smallest absolute Gasteiger partial charge is 0.00360 e. The molecule has 2 aliphatic carbocycles. The second kappa shape index (κ2) is 4.24. The van der Waals surface area contributed by atoms with Crippen LogP contribution in [0.2, 0.25) is 0 Å².